The maximum atomic E-state index is 12.1. The molecule has 0 fully saturated rings. The zero-order chi connectivity index (χ0) is 11.0. The van der Waals surface area contributed by atoms with Gasteiger partial charge in [-0.2, -0.15) is 0 Å². The van der Waals surface area contributed by atoms with Crippen molar-refractivity contribution in [2.24, 2.45) is 0 Å². The minimum absolute atomic E-state index is 0.0420. The topological polar surface area (TPSA) is 30.0 Å². The van der Waals surface area contributed by atoms with Crippen molar-refractivity contribution in [1.82, 2.24) is 4.98 Å². The fourth-order valence-electron chi connectivity index (χ4n) is 2.20. The highest BCUT2D eigenvalue weighted by Crippen LogP contribution is 2.36. The number of fused-ring (bicyclic) bond motifs is 1. The van der Waals surface area contributed by atoms with Crippen molar-refractivity contribution in [3.8, 4) is 0 Å². The Morgan fingerprint density at radius 1 is 1.19 bits per heavy atom. The van der Waals surface area contributed by atoms with Crippen LogP contribution in [0, 0.1) is 0 Å². The Bertz CT molecular complexity index is 533. The second-order valence-electron chi connectivity index (χ2n) is 4.06. The van der Waals surface area contributed by atoms with E-state index in [-0.39, 0.29) is 11.7 Å². The monoisotopic (exact) mass is 209 g/mol. The summed E-state index contributed by atoms with van der Waals surface area (Å²) >= 11 is 0. The molecule has 3 rings (SSSR count). The second-order valence-corrected chi connectivity index (χ2v) is 4.06. The van der Waals surface area contributed by atoms with Gasteiger partial charge in [-0.3, -0.25) is 9.78 Å². The summed E-state index contributed by atoms with van der Waals surface area (Å²) in [6, 6.07) is 11.8. The molecular weight excluding hydrogens is 198 g/mol. The number of carbonyl (C=O) groups is 1. The summed E-state index contributed by atoms with van der Waals surface area (Å²) in [6.07, 6.45) is 4.19. The summed E-state index contributed by atoms with van der Waals surface area (Å²) in [5, 5.41) is 0. The van der Waals surface area contributed by atoms with Crippen LogP contribution in [0.2, 0.25) is 0 Å². The molecule has 0 saturated heterocycles. The molecule has 0 spiro atoms. The number of aromatic nitrogens is 1. The van der Waals surface area contributed by atoms with Gasteiger partial charge < -0.3 is 0 Å². The van der Waals surface area contributed by atoms with Crippen LogP contribution in [-0.2, 0) is 6.42 Å². The molecule has 0 bridgehead atoms. The summed E-state index contributed by atoms with van der Waals surface area (Å²) in [4.78, 5) is 16.1. The summed E-state index contributed by atoms with van der Waals surface area (Å²) in [6.45, 7) is 0. The van der Waals surface area contributed by atoms with Crippen LogP contribution in [0.25, 0.3) is 0 Å². The summed E-state index contributed by atoms with van der Waals surface area (Å²) < 4.78 is 0. The molecule has 1 aliphatic rings. The predicted molar refractivity (Wildman–Crippen MR) is 61.5 cm³/mol. The molecule has 1 unspecified atom stereocenters. The maximum Gasteiger partial charge on any atom is 0.172 e. The van der Waals surface area contributed by atoms with E-state index in [9.17, 15) is 4.79 Å². The first-order chi connectivity index (χ1) is 7.86. The number of ketones is 1. The average Bonchev–Trinajstić information content (AvgIpc) is 2.32. The Labute approximate surface area is 94.0 Å². The van der Waals surface area contributed by atoms with Gasteiger partial charge in [0.05, 0.1) is 5.92 Å². The van der Waals surface area contributed by atoms with Crippen molar-refractivity contribution in [2.45, 2.75) is 12.3 Å². The highest BCUT2D eigenvalue weighted by Gasteiger charge is 2.32. The summed E-state index contributed by atoms with van der Waals surface area (Å²) in [5.74, 6) is 0.229. The molecule has 0 N–H and O–H groups in total. The molecule has 2 nitrogen and oxygen atoms in total. The molecule has 0 amide bonds. The lowest BCUT2D eigenvalue weighted by Crippen LogP contribution is -2.25. The lowest BCUT2D eigenvalue weighted by Gasteiger charge is -2.28. The first-order valence-corrected chi connectivity index (χ1v) is 5.38. The third-order valence-corrected chi connectivity index (χ3v) is 3.12. The Balaban J connectivity index is 1.91. The van der Waals surface area contributed by atoms with Crippen molar-refractivity contribution in [1.29, 1.82) is 0 Å². The molecule has 16 heavy (non-hydrogen) atoms. The number of carbonyl (C=O) groups excluding carboxylic acids is 1. The van der Waals surface area contributed by atoms with Gasteiger partial charge in [-0.25, -0.2) is 0 Å². The van der Waals surface area contributed by atoms with Gasteiger partial charge >= 0.3 is 0 Å². The fraction of sp³-hybridized carbons (Fsp3) is 0.143. The van der Waals surface area contributed by atoms with Crippen LogP contribution < -0.4 is 0 Å². The van der Waals surface area contributed by atoms with Gasteiger partial charge in [0.2, 0.25) is 0 Å². The third kappa shape index (κ3) is 1.34. The van der Waals surface area contributed by atoms with Gasteiger partial charge in [0.1, 0.15) is 0 Å². The summed E-state index contributed by atoms with van der Waals surface area (Å²) in [7, 11) is 0. The Morgan fingerprint density at radius 3 is 2.81 bits per heavy atom. The minimum atomic E-state index is 0.0420. The number of pyridine rings is 1. The van der Waals surface area contributed by atoms with Crippen LogP contribution in [0.15, 0.2) is 48.8 Å². The average molecular weight is 209 g/mol. The molecule has 1 heterocycles. The van der Waals surface area contributed by atoms with Crippen LogP contribution >= 0.6 is 0 Å². The molecule has 1 aromatic heterocycles. The van der Waals surface area contributed by atoms with Gasteiger partial charge in [0.15, 0.2) is 5.78 Å². The maximum absolute atomic E-state index is 12.1. The molecule has 1 aromatic carbocycles. The quantitative estimate of drug-likeness (QED) is 0.711. The SMILES string of the molecule is O=C(c1cccnc1)C1Cc2ccccc21. The molecule has 0 radical (unpaired) electrons. The number of hydrogen-bond donors (Lipinski definition) is 0. The minimum Gasteiger partial charge on any atom is -0.293 e. The van der Waals surface area contributed by atoms with E-state index in [0.29, 0.717) is 5.56 Å². The van der Waals surface area contributed by atoms with E-state index in [4.69, 9.17) is 0 Å². The van der Waals surface area contributed by atoms with Gasteiger partial charge in [-0.1, -0.05) is 24.3 Å². The van der Waals surface area contributed by atoms with Crippen molar-refractivity contribution in [2.75, 3.05) is 0 Å². The number of nitrogens with zero attached hydrogens (tertiary/aromatic N) is 1. The molecule has 2 aromatic rings. The molecule has 1 aliphatic carbocycles. The first kappa shape index (κ1) is 9.28. The molecular formula is C14H11NO. The van der Waals surface area contributed by atoms with Crippen molar-refractivity contribution < 1.29 is 4.79 Å². The molecule has 78 valence electrons. The number of Topliss-reactive ketones (excluding diaryl/α,β-unsaturated/α-hetero) is 1. The first-order valence-electron chi connectivity index (χ1n) is 5.38. The Hall–Kier alpha value is -1.96. The second kappa shape index (κ2) is 3.56. The molecule has 2 heteroatoms. The van der Waals surface area contributed by atoms with Crippen LogP contribution in [0.3, 0.4) is 0 Å². The highest BCUT2D eigenvalue weighted by atomic mass is 16.1. The molecule has 0 saturated carbocycles. The van der Waals surface area contributed by atoms with Crippen molar-refractivity contribution in [3.05, 3.63) is 65.5 Å². The number of rotatable bonds is 2. The normalized spacial score (nSPS) is 17.4. The standard InChI is InChI=1S/C14H11NO/c16-14(11-5-3-7-15-9-11)13-8-10-4-1-2-6-12(10)13/h1-7,9,13H,8H2. The fourth-order valence-corrected chi connectivity index (χ4v) is 2.20. The van der Waals surface area contributed by atoms with Crippen LogP contribution in [-0.4, -0.2) is 10.8 Å². The van der Waals surface area contributed by atoms with E-state index in [0.717, 1.165) is 6.42 Å². The third-order valence-electron chi connectivity index (χ3n) is 3.12. The van der Waals surface area contributed by atoms with Gasteiger partial charge in [0.25, 0.3) is 0 Å². The van der Waals surface area contributed by atoms with Gasteiger partial charge in [0, 0.05) is 18.0 Å². The van der Waals surface area contributed by atoms with E-state index in [1.54, 1.807) is 18.5 Å². The van der Waals surface area contributed by atoms with Crippen LogP contribution in [0.1, 0.15) is 27.4 Å². The van der Waals surface area contributed by atoms with Crippen molar-refractivity contribution in [3.63, 3.8) is 0 Å². The van der Waals surface area contributed by atoms with E-state index in [1.165, 1.54) is 11.1 Å². The van der Waals surface area contributed by atoms with Gasteiger partial charge in [-0.15, -0.1) is 0 Å². The van der Waals surface area contributed by atoms with E-state index < -0.39 is 0 Å². The lowest BCUT2D eigenvalue weighted by molar-refractivity contribution is 0.0948. The zero-order valence-corrected chi connectivity index (χ0v) is 8.76. The Kier molecular flexibility index (Phi) is 2.07. The molecule has 1 atom stereocenters. The zero-order valence-electron chi connectivity index (χ0n) is 8.76. The van der Waals surface area contributed by atoms with Crippen LogP contribution in [0.5, 0.6) is 0 Å². The number of hydrogen-bond acceptors (Lipinski definition) is 2. The van der Waals surface area contributed by atoms with Gasteiger partial charge in [-0.05, 0) is 29.7 Å². The predicted octanol–water partition coefficient (Wildman–Crippen LogP) is 2.60. The van der Waals surface area contributed by atoms with E-state index in [1.807, 2.05) is 24.3 Å². The van der Waals surface area contributed by atoms with E-state index in [2.05, 4.69) is 11.1 Å². The number of benzene rings is 1. The Morgan fingerprint density at radius 2 is 2.06 bits per heavy atom. The highest BCUT2D eigenvalue weighted by molar-refractivity contribution is 6.02. The van der Waals surface area contributed by atoms with E-state index >= 15 is 0 Å². The molecule has 0 aliphatic heterocycles. The summed E-state index contributed by atoms with van der Waals surface area (Å²) in [5.41, 5.74) is 3.18. The van der Waals surface area contributed by atoms with Crippen LogP contribution in [0.4, 0.5) is 0 Å². The lowest BCUT2D eigenvalue weighted by atomic mass is 9.74. The smallest absolute Gasteiger partial charge is 0.172 e. The van der Waals surface area contributed by atoms with Crippen molar-refractivity contribution >= 4 is 5.78 Å². The largest absolute Gasteiger partial charge is 0.293 e.